The Morgan fingerprint density at radius 2 is 1.56 bits per heavy atom. The van der Waals surface area contributed by atoms with E-state index in [1.54, 1.807) is 36.7 Å². The standard InChI is InChI=1S/C29H33N7O5/c1-17(34-27(38)22(30)13-20-15-31-16-33-20)26(37)35-24(12-19-14-32-23-10-6-5-9-21(19)23)28(39)36-25(29(40)41)11-18-7-3-2-4-8-18/h2-10,14-17,22,24-25,32H,11-13,30H2,1H3,(H,31,33)(H,34,38)(H,35,37)(H,36,39)(H,40,41). The van der Waals surface area contributed by atoms with Crippen molar-refractivity contribution in [2.24, 2.45) is 5.73 Å². The highest BCUT2D eigenvalue weighted by Gasteiger charge is 2.30. The quantitative estimate of drug-likeness (QED) is 0.126. The summed E-state index contributed by atoms with van der Waals surface area (Å²) in [5, 5.41) is 18.5. The van der Waals surface area contributed by atoms with Crippen molar-refractivity contribution in [2.75, 3.05) is 0 Å². The van der Waals surface area contributed by atoms with E-state index in [2.05, 4.69) is 30.9 Å². The van der Waals surface area contributed by atoms with Crippen LogP contribution in [0.5, 0.6) is 0 Å². The summed E-state index contributed by atoms with van der Waals surface area (Å²) in [6.07, 6.45) is 5.12. The van der Waals surface area contributed by atoms with Crippen LogP contribution in [0.1, 0.15) is 23.7 Å². The van der Waals surface area contributed by atoms with E-state index in [-0.39, 0.29) is 19.3 Å². The van der Waals surface area contributed by atoms with Gasteiger partial charge in [-0.2, -0.15) is 0 Å². The summed E-state index contributed by atoms with van der Waals surface area (Å²) >= 11 is 0. The lowest BCUT2D eigenvalue weighted by molar-refractivity contribution is -0.142. The van der Waals surface area contributed by atoms with E-state index >= 15 is 0 Å². The first-order valence-electron chi connectivity index (χ1n) is 13.2. The fourth-order valence-electron chi connectivity index (χ4n) is 4.46. The van der Waals surface area contributed by atoms with Gasteiger partial charge in [-0.3, -0.25) is 14.4 Å². The Kier molecular flexibility index (Phi) is 9.48. The highest BCUT2D eigenvalue weighted by atomic mass is 16.4. The number of aliphatic carboxylic acids is 1. The van der Waals surface area contributed by atoms with Gasteiger partial charge in [0.05, 0.1) is 12.4 Å². The summed E-state index contributed by atoms with van der Waals surface area (Å²) in [6, 6.07) is 12.1. The number of hydrogen-bond acceptors (Lipinski definition) is 6. The van der Waals surface area contributed by atoms with Gasteiger partial charge in [-0.1, -0.05) is 48.5 Å². The van der Waals surface area contributed by atoms with Crippen LogP contribution < -0.4 is 21.7 Å². The largest absolute Gasteiger partial charge is 0.480 e. The van der Waals surface area contributed by atoms with Crippen LogP contribution in [0.3, 0.4) is 0 Å². The normalized spacial score (nSPS) is 14.0. The van der Waals surface area contributed by atoms with E-state index < -0.39 is 47.9 Å². The van der Waals surface area contributed by atoms with Gasteiger partial charge in [-0.15, -0.1) is 0 Å². The molecule has 12 heteroatoms. The third-order valence-electron chi connectivity index (χ3n) is 6.71. The first kappa shape index (κ1) is 29.0. The number of carboxylic acid groups (broad SMARTS) is 1. The van der Waals surface area contributed by atoms with Crippen LogP contribution in [0.25, 0.3) is 10.9 Å². The van der Waals surface area contributed by atoms with Crippen LogP contribution >= 0.6 is 0 Å². The minimum absolute atomic E-state index is 0.0658. The van der Waals surface area contributed by atoms with Gasteiger partial charge in [-0.05, 0) is 24.1 Å². The number of nitrogens with zero attached hydrogens (tertiary/aromatic N) is 1. The number of aromatic nitrogens is 3. The van der Waals surface area contributed by atoms with E-state index in [4.69, 9.17) is 5.73 Å². The third kappa shape index (κ3) is 7.79. The summed E-state index contributed by atoms with van der Waals surface area (Å²) in [5.74, 6) is -3.04. The smallest absolute Gasteiger partial charge is 0.326 e. The molecule has 0 spiro atoms. The van der Waals surface area contributed by atoms with Crippen molar-refractivity contribution in [1.29, 1.82) is 0 Å². The van der Waals surface area contributed by atoms with Crippen molar-refractivity contribution in [3.8, 4) is 0 Å². The van der Waals surface area contributed by atoms with E-state index in [1.807, 2.05) is 30.3 Å². The van der Waals surface area contributed by atoms with Gasteiger partial charge in [-0.25, -0.2) is 9.78 Å². The number of hydrogen-bond donors (Lipinski definition) is 7. The molecule has 2 aromatic heterocycles. The maximum atomic E-state index is 13.5. The molecule has 4 rings (SSSR count). The summed E-state index contributed by atoms with van der Waals surface area (Å²) < 4.78 is 0. The van der Waals surface area contributed by atoms with Crippen LogP contribution in [0, 0.1) is 0 Å². The summed E-state index contributed by atoms with van der Waals surface area (Å²) in [5.41, 5.74) is 9.00. The number of benzene rings is 2. The topological polar surface area (TPSA) is 195 Å². The van der Waals surface area contributed by atoms with Crippen molar-refractivity contribution in [2.45, 2.75) is 50.4 Å². The molecule has 0 aliphatic rings. The van der Waals surface area contributed by atoms with E-state index in [0.29, 0.717) is 5.69 Å². The Morgan fingerprint density at radius 3 is 2.27 bits per heavy atom. The number of carboxylic acids is 1. The van der Waals surface area contributed by atoms with Gasteiger partial charge in [0.25, 0.3) is 0 Å². The van der Waals surface area contributed by atoms with Gasteiger partial charge < -0.3 is 36.8 Å². The van der Waals surface area contributed by atoms with Crippen LogP contribution in [0.2, 0.25) is 0 Å². The number of imidazole rings is 1. The zero-order chi connectivity index (χ0) is 29.4. The third-order valence-corrected chi connectivity index (χ3v) is 6.71. The molecule has 0 bridgehead atoms. The van der Waals surface area contributed by atoms with Gasteiger partial charge in [0.2, 0.25) is 17.7 Å². The number of H-pyrrole nitrogens is 2. The highest BCUT2D eigenvalue weighted by molar-refractivity contribution is 5.94. The van der Waals surface area contributed by atoms with Crippen molar-refractivity contribution in [3.05, 3.63) is 90.1 Å². The Balaban J connectivity index is 1.48. The maximum absolute atomic E-state index is 13.5. The first-order chi connectivity index (χ1) is 19.7. The molecule has 4 aromatic rings. The zero-order valence-electron chi connectivity index (χ0n) is 22.5. The maximum Gasteiger partial charge on any atom is 0.326 e. The van der Waals surface area contributed by atoms with Crippen LogP contribution in [-0.4, -0.2) is 67.9 Å². The fraction of sp³-hybridized carbons (Fsp3) is 0.276. The molecule has 4 atom stereocenters. The molecule has 0 saturated heterocycles. The Hall–Kier alpha value is -4.97. The van der Waals surface area contributed by atoms with Crippen LogP contribution in [-0.2, 0) is 38.4 Å². The molecule has 0 saturated carbocycles. The molecule has 0 fully saturated rings. The second-order valence-electron chi connectivity index (χ2n) is 9.83. The molecule has 12 nitrogen and oxygen atoms in total. The van der Waals surface area contributed by atoms with Crippen molar-refractivity contribution >= 4 is 34.6 Å². The molecule has 2 heterocycles. The minimum atomic E-state index is -1.22. The number of nitrogens with one attached hydrogen (secondary N) is 5. The molecule has 2 aromatic carbocycles. The second-order valence-corrected chi connectivity index (χ2v) is 9.83. The zero-order valence-corrected chi connectivity index (χ0v) is 22.5. The SMILES string of the molecule is CC(NC(=O)C(N)Cc1cnc[nH]1)C(=O)NC(Cc1c[nH]c2ccccc12)C(=O)NC(Cc1ccccc1)C(=O)O. The Morgan fingerprint density at radius 1 is 0.854 bits per heavy atom. The Bertz CT molecular complexity index is 1490. The molecular weight excluding hydrogens is 526 g/mol. The van der Waals surface area contributed by atoms with Crippen molar-refractivity contribution < 1.29 is 24.3 Å². The van der Waals surface area contributed by atoms with Crippen molar-refractivity contribution in [3.63, 3.8) is 0 Å². The van der Waals surface area contributed by atoms with Gasteiger partial charge in [0.1, 0.15) is 18.1 Å². The average molecular weight is 560 g/mol. The number of fused-ring (bicyclic) bond motifs is 1. The van der Waals surface area contributed by atoms with Gasteiger partial charge >= 0.3 is 5.97 Å². The van der Waals surface area contributed by atoms with E-state index in [1.165, 1.54) is 13.3 Å². The van der Waals surface area contributed by atoms with Crippen LogP contribution in [0.4, 0.5) is 0 Å². The van der Waals surface area contributed by atoms with E-state index in [9.17, 15) is 24.3 Å². The minimum Gasteiger partial charge on any atom is -0.480 e. The average Bonchev–Trinajstić information content (AvgIpc) is 3.62. The molecule has 3 amide bonds. The summed E-state index contributed by atoms with van der Waals surface area (Å²) in [4.78, 5) is 61.1. The molecule has 0 aliphatic heterocycles. The highest BCUT2D eigenvalue weighted by Crippen LogP contribution is 2.19. The number of rotatable bonds is 13. The summed E-state index contributed by atoms with van der Waals surface area (Å²) in [7, 11) is 0. The predicted octanol–water partition coefficient (Wildman–Crippen LogP) is 0.805. The molecular formula is C29H33N7O5. The monoisotopic (exact) mass is 559 g/mol. The lowest BCUT2D eigenvalue weighted by atomic mass is 10.0. The molecule has 4 unspecified atom stereocenters. The molecule has 41 heavy (non-hydrogen) atoms. The van der Waals surface area contributed by atoms with E-state index in [0.717, 1.165) is 22.0 Å². The number of aromatic amines is 2. The number of amides is 3. The van der Waals surface area contributed by atoms with Gasteiger partial charge in [0.15, 0.2) is 0 Å². The number of carbonyl (C=O) groups excluding carboxylic acids is 3. The van der Waals surface area contributed by atoms with Crippen LogP contribution in [0.15, 0.2) is 73.3 Å². The molecule has 214 valence electrons. The summed E-state index contributed by atoms with van der Waals surface area (Å²) in [6.45, 7) is 1.48. The Labute approximate surface area is 236 Å². The lowest BCUT2D eigenvalue weighted by Gasteiger charge is -2.24. The fourth-order valence-corrected chi connectivity index (χ4v) is 4.46. The first-order valence-corrected chi connectivity index (χ1v) is 13.2. The lowest BCUT2D eigenvalue weighted by Crippen LogP contribution is -2.57. The molecule has 0 aliphatic carbocycles. The van der Waals surface area contributed by atoms with Gasteiger partial charge in [0, 0.05) is 48.3 Å². The number of carbonyl (C=O) groups is 4. The second kappa shape index (κ2) is 13.4. The number of para-hydroxylation sites is 1. The molecule has 8 N–H and O–H groups in total. The van der Waals surface area contributed by atoms with Crippen molar-refractivity contribution in [1.82, 2.24) is 30.9 Å². The molecule has 0 radical (unpaired) electrons. The number of nitrogens with two attached hydrogens (primary N) is 1. The predicted molar refractivity (Wildman–Crippen MR) is 152 cm³/mol.